The van der Waals surface area contributed by atoms with E-state index in [1.165, 1.54) is 0 Å². The quantitative estimate of drug-likeness (QED) is 0.698. The fourth-order valence-electron chi connectivity index (χ4n) is 2.43. The summed E-state index contributed by atoms with van der Waals surface area (Å²) in [5, 5.41) is 8.24. The van der Waals surface area contributed by atoms with Crippen molar-refractivity contribution >= 4 is 0 Å². The summed E-state index contributed by atoms with van der Waals surface area (Å²) in [5.74, 6) is 2.03. The highest BCUT2D eigenvalue weighted by atomic mass is 16.5. The van der Waals surface area contributed by atoms with Gasteiger partial charge in [0.05, 0.1) is 13.7 Å². The second-order valence-corrected chi connectivity index (χ2v) is 5.35. The Morgan fingerprint density at radius 1 is 0.957 bits per heavy atom. The van der Waals surface area contributed by atoms with E-state index in [0.29, 0.717) is 18.3 Å². The summed E-state index contributed by atoms with van der Waals surface area (Å²) in [6, 6.07) is 17.8. The highest BCUT2D eigenvalue weighted by Crippen LogP contribution is 2.21. The van der Waals surface area contributed by atoms with E-state index in [4.69, 9.17) is 9.15 Å². The number of benzene rings is 2. The molecule has 0 aliphatic heterocycles. The molecular weight excluding hydrogens is 290 g/mol. The largest absolute Gasteiger partial charge is 0.496 e. The summed E-state index contributed by atoms with van der Waals surface area (Å²) in [6.45, 7) is 1.32. The number of nitrogens with zero attached hydrogens (tertiary/aromatic N) is 3. The molecule has 118 valence electrons. The molecule has 3 aromatic rings. The lowest BCUT2D eigenvalue weighted by atomic mass is 10.2. The minimum atomic E-state index is 0.547. The molecule has 0 saturated heterocycles. The van der Waals surface area contributed by atoms with E-state index in [9.17, 15) is 0 Å². The number of para-hydroxylation sites is 1. The topological polar surface area (TPSA) is 51.4 Å². The Hall–Kier alpha value is -2.66. The first-order valence-corrected chi connectivity index (χ1v) is 7.44. The average molecular weight is 309 g/mol. The summed E-state index contributed by atoms with van der Waals surface area (Å²) < 4.78 is 11.1. The molecular formula is C18H19N3O2. The Morgan fingerprint density at radius 2 is 1.70 bits per heavy atom. The monoisotopic (exact) mass is 309 g/mol. The average Bonchev–Trinajstić information content (AvgIpc) is 3.04. The van der Waals surface area contributed by atoms with Crippen LogP contribution in [0.2, 0.25) is 0 Å². The van der Waals surface area contributed by atoms with E-state index in [-0.39, 0.29) is 0 Å². The smallest absolute Gasteiger partial charge is 0.247 e. The maximum atomic E-state index is 5.74. The van der Waals surface area contributed by atoms with Crippen LogP contribution in [0, 0.1) is 0 Å². The molecule has 0 saturated carbocycles. The fraction of sp³-hybridized carbons (Fsp3) is 0.222. The van der Waals surface area contributed by atoms with Gasteiger partial charge in [-0.1, -0.05) is 36.4 Å². The van der Waals surface area contributed by atoms with Crippen LogP contribution in [-0.4, -0.2) is 29.3 Å². The van der Waals surface area contributed by atoms with E-state index >= 15 is 0 Å². The predicted molar refractivity (Wildman–Crippen MR) is 87.9 cm³/mol. The minimum absolute atomic E-state index is 0.547. The second-order valence-electron chi connectivity index (χ2n) is 5.35. The van der Waals surface area contributed by atoms with E-state index in [0.717, 1.165) is 23.4 Å². The van der Waals surface area contributed by atoms with Crippen LogP contribution < -0.4 is 4.74 Å². The molecule has 0 unspecified atom stereocenters. The van der Waals surface area contributed by atoms with Gasteiger partial charge < -0.3 is 9.15 Å². The van der Waals surface area contributed by atoms with Crippen molar-refractivity contribution in [3.8, 4) is 17.2 Å². The summed E-state index contributed by atoms with van der Waals surface area (Å²) >= 11 is 0. The SMILES string of the molecule is COc1ccccc1CN(C)Cc1nnc(-c2ccccc2)o1. The number of methoxy groups -OCH3 is 1. The standard InChI is InChI=1S/C18H19N3O2/c1-21(12-15-10-6-7-11-16(15)22-2)13-17-19-20-18(23-17)14-8-4-3-5-9-14/h3-11H,12-13H2,1-2H3. The zero-order valence-corrected chi connectivity index (χ0v) is 13.3. The van der Waals surface area contributed by atoms with Crippen LogP contribution >= 0.6 is 0 Å². The van der Waals surface area contributed by atoms with Gasteiger partial charge in [0.1, 0.15) is 5.75 Å². The molecule has 0 amide bonds. The minimum Gasteiger partial charge on any atom is -0.496 e. The molecule has 0 atom stereocenters. The molecule has 1 heterocycles. The van der Waals surface area contributed by atoms with Crippen molar-refractivity contribution in [3.63, 3.8) is 0 Å². The molecule has 2 aromatic carbocycles. The van der Waals surface area contributed by atoms with Gasteiger partial charge in [0.2, 0.25) is 11.8 Å². The van der Waals surface area contributed by atoms with Crippen molar-refractivity contribution in [2.24, 2.45) is 0 Å². The van der Waals surface area contributed by atoms with Crippen molar-refractivity contribution < 1.29 is 9.15 Å². The van der Waals surface area contributed by atoms with Crippen LogP contribution in [0.5, 0.6) is 5.75 Å². The molecule has 0 radical (unpaired) electrons. The molecule has 1 aromatic heterocycles. The number of aromatic nitrogens is 2. The van der Waals surface area contributed by atoms with Gasteiger partial charge >= 0.3 is 0 Å². The zero-order valence-electron chi connectivity index (χ0n) is 13.3. The van der Waals surface area contributed by atoms with Gasteiger partial charge in [0.15, 0.2) is 0 Å². The number of rotatable bonds is 6. The van der Waals surface area contributed by atoms with Crippen LogP contribution in [0.1, 0.15) is 11.5 Å². The molecule has 23 heavy (non-hydrogen) atoms. The summed E-state index contributed by atoms with van der Waals surface area (Å²) in [7, 11) is 3.70. The lowest BCUT2D eigenvalue weighted by Crippen LogP contribution is -2.17. The van der Waals surface area contributed by atoms with Crippen molar-refractivity contribution in [1.29, 1.82) is 0 Å². The van der Waals surface area contributed by atoms with Crippen molar-refractivity contribution in [1.82, 2.24) is 15.1 Å². The number of hydrogen-bond acceptors (Lipinski definition) is 5. The first kappa shape index (κ1) is 15.2. The van der Waals surface area contributed by atoms with Gasteiger partial charge in [0.25, 0.3) is 0 Å². The van der Waals surface area contributed by atoms with E-state index in [1.807, 2.05) is 55.6 Å². The Labute approximate surface area is 135 Å². The van der Waals surface area contributed by atoms with Gasteiger partial charge in [0, 0.05) is 17.7 Å². The summed E-state index contributed by atoms with van der Waals surface area (Å²) in [4.78, 5) is 2.11. The lowest BCUT2D eigenvalue weighted by molar-refractivity contribution is 0.277. The molecule has 0 N–H and O–H groups in total. The van der Waals surface area contributed by atoms with Crippen LogP contribution in [-0.2, 0) is 13.1 Å². The predicted octanol–water partition coefficient (Wildman–Crippen LogP) is 3.38. The molecule has 0 fully saturated rings. The Bertz CT molecular complexity index is 756. The molecule has 5 nitrogen and oxygen atoms in total. The molecule has 0 aliphatic carbocycles. The van der Waals surface area contributed by atoms with Gasteiger partial charge in [-0.3, -0.25) is 4.90 Å². The first-order chi connectivity index (χ1) is 11.3. The third kappa shape index (κ3) is 3.76. The molecule has 5 heteroatoms. The molecule has 0 aliphatic rings. The van der Waals surface area contributed by atoms with Crippen LogP contribution in [0.3, 0.4) is 0 Å². The lowest BCUT2D eigenvalue weighted by Gasteiger charge is -2.16. The molecule has 0 spiro atoms. The Morgan fingerprint density at radius 3 is 2.48 bits per heavy atom. The van der Waals surface area contributed by atoms with Crippen molar-refractivity contribution in [2.75, 3.05) is 14.2 Å². The third-order valence-electron chi connectivity index (χ3n) is 3.53. The van der Waals surface area contributed by atoms with E-state index < -0.39 is 0 Å². The van der Waals surface area contributed by atoms with Gasteiger partial charge in [-0.25, -0.2) is 0 Å². The Kier molecular flexibility index (Phi) is 4.68. The van der Waals surface area contributed by atoms with Crippen molar-refractivity contribution in [2.45, 2.75) is 13.1 Å². The summed E-state index contributed by atoms with van der Waals surface area (Å²) in [5.41, 5.74) is 2.05. The van der Waals surface area contributed by atoms with Crippen molar-refractivity contribution in [3.05, 3.63) is 66.1 Å². The van der Waals surface area contributed by atoms with Crippen LogP contribution in [0.15, 0.2) is 59.0 Å². The fourth-order valence-corrected chi connectivity index (χ4v) is 2.43. The van der Waals surface area contributed by atoms with Gasteiger partial charge in [-0.05, 0) is 25.2 Å². The number of hydrogen-bond donors (Lipinski definition) is 0. The van der Waals surface area contributed by atoms with Gasteiger partial charge in [-0.2, -0.15) is 0 Å². The maximum Gasteiger partial charge on any atom is 0.247 e. The normalized spacial score (nSPS) is 10.9. The zero-order chi connectivity index (χ0) is 16.1. The Balaban J connectivity index is 1.67. The van der Waals surface area contributed by atoms with E-state index in [1.54, 1.807) is 7.11 Å². The molecule has 0 bridgehead atoms. The first-order valence-electron chi connectivity index (χ1n) is 7.44. The van der Waals surface area contributed by atoms with Crippen LogP contribution in [0.4, 0.5) is 0 Å². The maximum absolute atomic E-state index is 5.74. The summed E-state index contributed by atoms with van der Waals surface area (Å²) in [6.07, 6.45) is 0. The molecule has 3 rings (SSSR count). The second kappa shape index (κ2) is 7.07. The van der Waals surface area contributed by atoms with E-state index in [2.05, 4.69) is 21.2 Å². The third-order valence-corrected chi connectivity index (χ3v) is 3.53. The highest BCUT2D eigenvalue weighted by molar-refractivity contribution is 5.51. The number of ether oxygens (including phenoxy) is 1. The highest BCUT2D eigenvalue weighted by Gasteiger charge is 2.12. The van der Waals surface area contributed by atoms with Crippen LogP contribution in [0.25, 0.3) is 11.5 Å². The van der Waals surface area contributed by atoms with Gasteiger partial charge in [-0.15, -0.1) is 10.2 Å².